The Bertz CT molecular complexity index is 224. The first-order valence-corrected chi connectivity index (χ1v) is 5.10. The van der Waals surface area contributed by atoms with Gasteiger partial charge < -0.3 is 9.84 Å². The van der Waals surface area contributed by atoms with E-state index in [1.807, 2.05) is 25.9 Å². The van der Waals surface area contributed by atoms with Crippen LogP contribution < -0.4 is 0 Å². The van der Waals surface area contributed by atoms with Crippen LogP contribution in [-0.2, 0) is 4.74 Å². The van der Waals surface area contributed by atoms with Crippen molar-refractivity contribution in [2.45, 2.75) is 19.4 Å². The highest BCUT2D eigenvalue weighted by Gasteiger charge is 2.26. The average molecular weight is 213 g/mol. The van der Waals surface area contributed by atoms with Gasteiger partial charge in [0.1, 0.15) is 5.76 Å². The molecule has 0 fully saturated rings. The molecule has 0 aliphatic carbocycles. The normalized spacial score (nSPS) is 15.0. The lowest BCUT2D eigenvalue weighted by Crippen LogP contribution is -2.37. The summed E-state index contributed by atoms with van der Waals surface area (Å²) in [4.78, 5) is 1.96. The Kier molecular flexibility index (Phi) is 6.29. The van der Waals surface area contributed by atoms with Crippen LogP contribution in [0.3, 0.4) is 0 Å². The number of methoxy groups -OCH3 is 1. The predicted octanol–water partition coefficient (Wildman–Crippen LogP) is 2.22. The minimum atomic E-state index is -0.0855. The Morgan fingerprint density at radius 3 is 2.20 bits per heavy atom. The smallest absolute Gasteiger partial charge is 0.103 e. The van der Waals surface area contributed by atoms with Gasteiger partial charge in [-0.1, -0.05) is 18.7 Å². The molecule has 0 amide bonds. The molecule has 0 saturated carbocycles. The summed E-state index contributed by atoms with van der Waals surface area (Å²) in [6.45, 7) is 10.2. The van der Waals surface area contributed by atoms with Gasteiger partial charge in [-0.25, -0.2) is 0 Å². The molecule has 88 valence electrons. The Hall–Kier alpha value is -0.800. The lowest BCUT2D eigenvalue weighted by molar-refractivity contribution is 0.144. The van der Waals surface area contributed by atoms with E-state index in [0.29, 0.717) is 6.61 Å². The molecule has 3 nitrogen and oxygen atoms in total. The van der Waals surface area contributed by atoms with Gasteiger partial charge in [0, 0.05) is 19.6 Å². The molecule has 0 aromatic heterocycles. The minimum Gasteiger partial charge on any atom is -0.511 e. The van der Waals surface area contributed by atoms with Gasteiger partial charge in [-0.2, -0.15) is 0 Å². The van der Waals surface area contributed by atoms with Crippen molar-refractivity contribution in [3.8, 4) is 0 Å². The second-order valence-electron chi connectivity index (χ2n) is 4.13. The van der Waals surface area contributed by atoms with E-state index >= 15 is 0 Å². The van der Waals surface area contributed by atoms with Crippen LogP contribution in [-0.4, -0.2) is 43.9 Å². The van der Waals surface area contributed by atoms with Crippen molar-refractivity contribution in [1.82, 2.24) is 4.90 Å². The van der Waals surface area contributed by atoms with Gasteiger partial charge in [-0.3, -0.25) is 4.90 Å². The summed E-state index contributed by atoms with van der Waals surface area (Å²) in [5.41, 5.74) is 1.04. The van der Waals surface area contributed by atoms with Gasteiger partial charge in [0.2, 0.25) is 0 Å². The lowest BCUT2D eigenvalue weighted by Gasteiger charge is -2.31. The molecule has 2 unspecified atom stereocenters. The summed E-state index contributed by atoms with van der Waals surface area (Å²) in [5, 5.41) is 9.58. The van der Waals surface area contributed by atoms with Crippen molar-refractivity contribution in [2.24, 2.45) is 5.92 Å². The number of likely N-dealkylation sites (N-methyl/N-ethyl adjacent to an activating group) is 1. The number of nitrogens with zero attached hydrogens (tertiary/aromatic N) is 1. The lowest BCUT2D eigenvalue weighted by atomic mass is 9.88. The summed E-state index contributed by atoms with van der Waals surface area (Å²) >= 11 is 0. The molecule has 3 heteroatoms. The van der Waals surface area contributed by atoms with Gasteiger partial charge >= 0.3 is 0 Å². The molecule has 0 rings (SSSR count). The zero-order valence-electron chi connectivity index (χ0n) is 10.3. The maximum Gasteiger partial charge on any atom is 0.103 e. The maximum atomic E-state index is 9.58. The van der Waals surface area contributed by atoms with Crippen molar-refractivity contribution in [2.75, 3.05) is 27.8 Å². The zero-order chi connectivity index (χ0) is 12.0. The number of hydrogen-bond donors (Lipinski definition) is 1. The topological polar surface area (TPSA) is 32.7 Å². The molecule has 0 spiro atoms. The van der Waals surface area contributed by atoms with E-state index in [2.05, 4.69) is 13.2 Å². The molecule has 15 heavy (non-hydrogen) atoms. The van der Waals surface area contributed by atoms with Gasteiger partial charge in [0.25, 0.3) is 0 Å². The highest BCUT2D eigenvalue weighted by molar-refractivity contribution is 5.10. The molecule has 0 saturated heterocycles. The van der Waals surface area contributed by atoms with Gasteiger partial charge in [-0.05, 0) is 27.4 Å². The summed E-state index contributed by atoms with van der Waals surface area (Å²) in [6, 6.07) is -0.0855. The minimum absolute atomic E-state index is 0.0855. The van der Waals surface area contributed by atoms with Crippen LogP contribution in [0.5, 0.6) is 0 Å². The Morgan fingerprint density at radius 2 is 1.93 bits per heavy atom. The van der Waals surface area contributed by atoms with Gasteiger partial charge in [-0.15, -0.1) is 0 Å². The maximum absolute atomic E-state index is 9.58. The Morgan fingerprint density at radius 1 is 1.40 bits per heavy atom. The third kappa shape index (κ3) is 4.49. The summed E-state index contributed by atoms with van der Waals surface area (Å²) in [6.07, 6.45) is 0.842. The summed E-state index contributed by atoms with van der Waals surface area (Å²) in [7, 11) is 5.53. The van der Waals surface area contributed by atoms with Crippen LogP contribution >= 0.6 is 0 Å². The van der Waals surface area contributed by atoms with Crippen LogP contribution in [0, 0.1) is 5.92 Å². The van der Waals surface area contributed by atoms with E-state index in [4.69, 9.17) is 4.74 Å². The number of aliphatic hydroxyl groups excluding tert-OH is 1. The standard InChI is InChI=1S/C12H23NO2/c1-9(2)11(7-8-15-6)12(10(3)14)13(4)5/h11-12,14H,1,3,7-8H2,2,4-6H3. The van der Waals surface area contributed by atoms with Crippen molar-refractivity contribution in [3.05, 3.63) is 24.5 Å². The van der Waals surface area contributed by atoms with Gasteiger partial charge in [0.05, 0.1) is 6.04 Å². The molecular formula is C12H23NO2. The molecule has 2 atom stereocenters. The van der Waals surface area contributed by atoms with E-state index in [0.717, 1.165) is 12.0 Å². The molecule has 0 heterocycles. The fourth-order valence-corrected chi connectivity index (χ4v) is 1.81. The zero-order valence-corrected chi connectivity index (χ0v) is 10.3. The van der Waals surface area contributed by atoms with E-state index in [1.165, 1.54) is 0 Å². The molecule has 0 radical (unpaired) electrons. The highest BCUT2D eigenvalue weighted by atomic mass is 16.5. The number of aliphatic hydroxyl groups is 1. The fraction of sp³-hybridized carbons (Fsp3) is 0.667. The van der Waals surface area contributed by atoms with Crippen molar-refractivity contribution >= 4 is 0 Å². The van der Waals surface area contributed by atoms with Crippen molar-refractivity contribution < 1.29 is 9.84 Å². The first kappa shape index (κ1) is 14.2. The predicted molar refractivity (Wildman–Crippen MR) is 64.0 cm³/mol. The molecule has 0 aromatic rings. The van der Waals surface area contributed by atoms with Crippen LogP contribution in [0.1, 0.15) is 13.3 Å². The number of ether oxygens (including phenoxy) is 1. The van der Waals surface area contributed by atoms with Crippen molar-refractivity contribution in [3.63, 3.8) is 0 Å². The van der Waals surface area contributed by atoms with Crippen LogP contribution in [0.4, 0.5) is 0 Å². The number of rotatable bonds is 7. The quantitative estimate of drug-likeness (QED) is 0.520. The van der Waals surface area contributed by atoms with Gasteiger partial charge in [0.15, 0.2) is 0 Å². The molecule has 0 aromatic carbocycles. The van der Waals surface area contributed by atoms with Crippen molar-refractivity contribution in [1.29, 1.82) is 0 Å². The van der Waals surface area contributed by atoms with E-state index in [1.54, 1.807) is 7.11 Å². The third-order valence-electron chi connectivity index (χ3n) is 2.54. The summed E-state index contributed by atoms with van der Waals surface area (Å²) in [5.74, 6) is 0.363. The van der Waals surface area contributed by atoms with E-state index in [-0.39, 0.29) is 17.7 Å². The fourth-order valence-electron chi connectivity index (χ4n) is 1.81. The van der Waals surface area contributed by atoms with Crippen LogP contribution in [0.2, 0.25) is 0 Å². The van der Waals surface area contributed by atoms with Crippen LogP contribution in [0.15, 0.2) is 24.5 Å². The monoisotopic (exact) mass is 213 g/mol. The Labute approximate surface area is 93.0 Å². The van der Waals surface area contributed by atoms with Crippen LogP contribution in [0.25, 0.3) is 0 Å². The largest absolute Gasteiger partial charge is 0.511 e. The van der Waals surface area contributed by atoms with E-state index in [9.17, 15) is 5.11 Å². The number of hydrogen-bond acceptors (Lipinski definition) is 3. The second kappa shape index (κ2) is 6.64. The Balaban J connectivity index is 4.68. The molecule has 1 N–H and O–H groups in total. The third-order valence-corrected chi connectivity index (χ3v) is 2.54. The molecule has 0 aliphatic heterocycles. The first-order valence-electron chi connectivity index (χ1n) is 5.10. The first-order chi connectivity index (χ1) is 6.91. The molecule has 0 bridgehead atoms. The average Bonchev–Trinajstić information content (AvgIpc) is 2.09. The molecular weight excluding hydrogens is 190 g/mol. The highest BCUT2D eigenvalue weighted by Crippen LogP contribution is 2.24. The second-order valence-corrected chi connectivity index (χ2v) is 4.13. The SMILES string of the molecule is C=C(C)C(CCOC)C(C(=C)O)N(C)C. The summed E-state index contributed by atoms with van der Waals surface area (Å²) < 4.78 is 5.06. The molecule has 0 aliphatic rings. The van der Waals surface area contributed by atoms with E-state index < -0.39 is 0 Å².